The molecule has 0 aliphatic rings. The second kappa shape index (κ2) is 11.1. The molecule has 3 N–H and O–H groups in total. The second-order valence-corrected chi connectivity index (χ2v) is 10.1. The molecule has 2 atom stereocenters. The summed E-state index contributed by atoms with van der Waals surface area (Å²) in [6.45, 7) is 17.3. The lowest BCUT2D eigenvalue weighted by molar-refractivity contribution is 0.251. The van der Waals surface area contributed by atoms with Crippen molar-refractivity contribution >= 4 is 0 Å². The minimum Gasteiger partial charge on any atom is -0.395 e. The molecule has 2 rings (SSSR count). The topological polar surface area (TPSA) is 44.3 Å². The van der Waals surface area contributed by atoms with Crippen LogP contribution in [-0.4, -0.2) is 23.8 Å². The van der Waals surface area contributed by atoms with Gasteiger partial charge in [0, 0.05) is 25.2 Å². The summed E-state index contributed by atoms with van der Waals surface area (Å²) in [4.78, 5) is 0. The molecular formula is C27H42N2O. The van der Waals surface area contributed by atoms with Gasteiger partial charge in [-0.25, -0.2) is 0 Å². The van der Waals surface area contributed by atoms with E-state index in [4.69, 9.17) is 0 Å². The molecule has 3 heteroatoms. The Kier molecular flexibility index (Phi) is 9.09. The Morgan fingerprint density at radius 2 is 1.60 bits per heavy atom. The van der Waals surface area contributed by atoms with Crippen LogP contribution in [0.1, 0.15) is 82.2 Å². The Morgan fingerprint density at radius 1 is 0.867 bits per heavy atom. The normalized spacial score (nSPS) is 14.2. The third-order valence-corrected chi connectivity index (χ3v) is 5.75. The molecular weight excluding hydrogens is 368 g/mol. The first kappa shape index (κ1) is 24.6. The predicted octanol–water partition coefficient (Wildman–Crippen LogP) is 5.30. The van der Waals surface area contributed by atoms with Crippen LogP contribution < -0.4 is 10.6 Å². The van der Waals surface area contributed by atoms with Gasteiger partial charge in [0.15, 0.2) is 0 Å². The molecule has 0 heterocycles. The zero-order valence-corrected chi connectivity index (χ0v) is 20.0. The van der Waals surface area contributed by atoms with Crippen molar-refractivity contribution in [3.05, 3.63) is 70.3 Å². The van der Waals surface area contributed by atoms with Gasteiger partial charge >= 0.3 is 0 Å². The van der Waals surface area contributed by atoms with Crippen molar-refractivity contribution in [1.29, 1.82) is 0 Å². The van der Waals surface area contributed by atoms with E-state index in [0.717, 1.165) is 19.5 Å². The summed E-state index contributed by atoms with van der Waals surface area (Å²) in [5, 5.41) is 16.4. The number of rotatable bonds is 10. The number of aliphatic hydroxyl groups is 1. The molecule has 0 amide bonds. The van der Waals surface area contributed by atoms with Gasteiger partial charge in [-0.2, -0.15) is 0 Å². The Bertz CT molecular complexity index is 792. The SMILES string of the molecule is CC(C)NCc1cccc(C(C)Cc2ccc(C(C)(C)C)cc2CNC(C)CO)c1. The number of nitrogens with one attached hydrogen (secondary N) is 2. The molecule has 2 aromatic carbocycles. The van der Waals surface area contributed by atoms with Crippen LogP contribution in [0.5, 0.6) is 0 Å². The van der Waals surface area contributed by atoms with Crippen molar-refractivity contribution < 1.29 is 5.11 Å². The quantitative estimate of drug-likeness (QED) is 0.498. The van der Waals surface area contributed by atoms with Crippen molar-refractivity contribution in [2.75, 3.05) is 6.61 Å². The maximum absolute atomic E-state index is 9.40. The van der Waals surface area contributed by atoms with Crippen molar-refractivity contribution in [3.8, 4) is 0 Å². The fourth-order valence-electron chi connectivity index (χ4n) is 3.58. The van der Waals surface area contributed by atoms with Gasteiger partial charge < -0.3 is 15.7 Å². The van der Waals surface area contributed by atoms with Crippen molar-refractivity contribution in [2.24, 2.45) is 0 Å². The van der Waals surface area contributed by atoms with Gasteiger partial charge in [0.2, 0.25) is 0 Å². The van der Waals surface area contributed by atoms with Gasteiger partial charge in [0.05, 0.1) is 6.61 Å². The van der Waals surface area contributed by atoms with E-state index in [0.29, 0.717) is 12.0 Å². The summed E-state index contributed by atoms with van der Waals surface area (Å²) in [5.41, 5.74) is 6.94. The average Bonchev–Trinajstić information content (AvgIpc) is 2.70. The summed E-state index contributed by atoms with van der Waals surface area (Å²) in [7, 11) is 0. The molecule has 0 spiro atoms. The Labute approximate surface area is 184 Å². The molecule has 0 radical (unpaired) electrons. The van der Waals surface area contributed by atoms with E-state index in [2.05, 4.69) is 94.6 Å². The lowest BCUT2D eigenvalue weighted by Crippen LogP contribution is -2.29. The third kappa shape index (κ3) is 7.54. The fourth-order valence-corrected chi connectivity index (χ4v) is 3.58. The van der Waals surface area contributed by atoms with Crippen LogP contribution >= 0.6 is 0 Å². The van der Waals surface area contributed by atoms with Gasteiger partial charge in [-0.15, -0.1) is 0 Å². The molecule has 2 unspecified atom stereocenters. The zero-order chi connectivity index (χ0) is 22.3. The summed E-state index contributed by atoms with van der Waals surface area (Å²) >= 11 is 0. The van der Waals surface area contributed by atoms with Gasteiger partial charge in [-0.1, -0.05) is 84.0 Å². The zero-order valence-electron chi connectivity index (χ0n) is 20.0. The van der Waals surface area contributed by atoms with Crippen molar-refractivity contribution in [1.82, 2.24) is 10.6 Å². The summed E-state index contributed by atoms with van der Waals surface area (Å²) in [6, 6.07) is 16.5. The van der Waals surface area contributed by atoms with E-state index < -0.39 is 0 Å². The van der Waals surface area contributed by atoms with Crippen molar-refractivity contribution in [3.63, 3.8) is 0 Å². The van der Waals surface area contributed by atoms with Crippen molar-refractivity contribution in [2.45, 2.75) is 91.4 Å². The molecule has 0 aliphatic heterocycles. The van der Waals surface area contributed by atoms with Gasteiger partial charge in [0.1, 0.15) is 0 Å². The van der Waals surface area contributed by atoms with Gasteiger partial charge in [0.25, 0.3) is 0 Å². The first-order chi connectivity index (χ1) is 14.1. The lowest BCUT2D eigenvalue weighted by Gasteiger charge is -2.23. The summed E-state index contributed by atoms with van der Waals surface area (Å²) in [6.07, 6.45) is 1.01. The fraction of sp³-hybridized carbons (Fsp3) is 0.556. The second-order valence-electron chi connectivity index (χ2n) is 10.1. The molecule has 3 nitrogen and oxygen atoms in total. The third-order valence-electron chi connectivity index (χ3n) is 5.75. The predicted molar refractivity (Wildman–Crippen MR) is 129 cm³/mol. The molecule has 166 valence electrons. The highest BCUT2D eigenvalue weighted by Crippen LogP contribution is 2.28. The molecule has 30 heavy (non-hydrogen) atoms. The smallest absolute Gasteiger partial charge is 0.0582 e. The number of benzene rings is 2. The van der Waals surface area contributed by atoms with E-state index in [1.807, 2.05) is 6.92 Å². The first-order valence-electron chi connectivity index (χ1n) is 11.4. The van der Waals surface area contributed by atoms with Crippen LogP contribution in [0.25, 0.3) is 0 Å². The molecule has 0 bridgehead atoms. The van der Waals surface area contributed by atoms with Crippen LogP contribution in [0.4, 0.5) is 0 Å². The largest absolute Gasteiger partial charge is 0.395 e. The maximum Gasteiger partial charge on any atom is 0.0582 e. The standard InChI is InChI=1S/C27H42N2O/c1-19(2)28-16-22-9-8-10-23(14-22)20(3)13-24-11-12-26(27(5,6)7)15-25(24)17-29-21(4)18-30/h8-12,14-15,19-21,28-30H,13,16-18H2,1-7H3. The molecule has 2 aromatic rings. The molecule has 0 fully saturated rings. The summed E-state index contributed by atoms with van der Waals surface area (Å²) in [5.74, 6) is 0.443. The van der Waals surface area contributed by atoms with Crippen LogP contribution in [0, 0.1) is 0 Å². The van der Waals surface area contributed by atoms with E-state index in [1.54, 1.807) is 0 Å². The first-order valence-corrected chi connectivity index (χ1v) is 11.4. The average molecular weight is 411 g/mol. The minimum absolute atomic E-state index is 0.0960. The Morgan fingerprint density at radius 3 is 2.23 bits per heavy atom. The highest BCUT2D eigenvalue weighted by Gasteiger charge is 2.17. The molecule has 0 saturated carbocycles. The lowest BCUT2D eigenvalue weighted by atomic mass is 9.83. The van der Waals surface area contributed by atoms with E-state index in [-0.39, 0.29) is 18.1 Å². The van der Waals surface area contributed by atoms with Gasteiger partial charge in [-0.05, 0) is 52.5 Å². The van der Waals surface area contributed by atoms with E-state index in [1.165, 1.54) is 27.8 Å². The number of hydrogen-bond acceptors (Lipinski definition) is 3. The van der Waals surface area contributed by atoms with Crippen LogP contribution in [0.15, 0.2) is 42.5 Å². The molecule has 0 saturated heterocycles. The highest BCUT2D eigenvalue weighted by molar-refractivity contribution is 5.37. The highest BCUT2D eigenvalue weighted by atomic mass is 16.3. The number of hydrogen-bond donors (Lipinski definition) is 3. The van der Waals surface area contributed by atoms with Crippen LogP contribution in [0.2, 0.25) is 0 Å². The monoisotopic (exact) mass is 410 g/mol. The summed E-state index contributed by atoms with van der Waals surface area (Å²) < 4.78 is 0. The number of aliphatic hydroxyl groups excluding tert-OH is 1. The van der Waals surface area contributed by atoms with Crippen LogP contribution in [0.3, 0.4) is 0 Å². The molecule has 0 aliphatic carbocycles. The van der Waals surface area contributed by atoms with Gasteiger partial charge in [-0.3, -0.25) is 0 Å². The minimum atomic E-state index is 0.0960. The van der Waals surface area contributed by atoms with E-state index >= 15 is 0 Å². The van der Waals surface area contributed by atoms with Crippen LogP contribution in [-0.2, 0) is 24.9 Å². The maximum atomic E-state index is 9.40. The van der Waals surface area contributed by atoms with E-state index in [9.17, 15) is 5.11 Å². The Balaban J connectivity index is 2.22. The Hall–Kier alpha value is -1.68. The molecule has 0 aromatic heterocycles.